The molecule has 88 valence electrons. The number of Topliss-reactive ketones (excluding diaryl/α,β-unsaturated/α-hetero) is 1. The molecule has 0 aliphatic heterocycles. The molecule has 0 bridgehead atoms. The summed E-state index contributed by atoms with van der Waals surface area (Å²) < 4.78 is 0. The van der Waals surface area contributed by atoms with Crippen LogP contribution in [0.4, 0.5) is 0 Å². The molecule has 1 fully saturated rings. The first kappa shape index (κ1) is 12.7. The Morgan fingerprint density at radius 3 is 2.94 bits per heavy atom. The zero-order chi connectivity index (χ0) is 12.2. The topological polar surface area (TPSA) is 78.2 Å². The van der Waals surface area contributed by atoms with Crippen molar-refractivity contribution in [2.75, 3.05) is 0 Å². The summed E-state index contributed by atoms with van der Waals surface area (Å²) in [5.74, 6) is -0.525. The van der Waals surface area contributed by atoms with Gasteiger partial charge in [0.2, 0.25) is 0 Å². The van der Waals surface area contributed by atoms with E-state index in [-0.39, 0.29) is 18.1 Å². The predicted octanol–water partition coefficient (Wildman–Crippen LogP) is 2.14. The Balaban J connectivity index is 2.60. The number of nitriles is 1. The van der Waals surface area contributed by atoms with Gasteiger partial charge in [0.25, 0.3) is 0 Å². The van der Waals surface area contributed by atoms with Crippen LogP contribution < -0.4 is 0 Å². The summed E-state index contributed by atoms with van der Waals surface area (Å²) in [6.45, 7) is 1.88. The lowest BCUT2D eigenvalue weighted by atomic mass is 9.74. The molecule has 16 heavy (non-hydrogen) atoms. The average Bonchev–Trinajstić information content (AvgIpc) is 2.46. The first-order chi connectivity index (χ1) is 7.50. The fraction of sp³-hybridized carbons (Fsp3) is 0.750. The highest BCUT2D eigenvalue weighted by atomic mass is 16.4. The van der Waals surface area contributed by atoms with Crippen molar-refractivity contribution in [3.63, 3.8) is 0 Å². The monoisotopic (exact) mass is 223 g/mol. The van der Waals surface area contributed by atoms with Crippen LogP contribution in [-0.2, 0) is 9.59 Å². The molecule has 0 heterocycles. The third-order valence-electron chi connectivity index (χ3n) is 3.68. The molecule has 1 rings (SSSR count). The maximum atomic E-state index is 11.8. The second kappa shape index (κ2) is 5.11. The van der Waals surface area contributed by atoms with Crippen molar-refractivity contribution in [2.45, 2.75) is 45.4 Å². The molecule has 0 spiro atoms. The summed E-state index contributed by atoms with van der Waals surface area (Å²) in [5, 5.41) is 17.3. The molecule has 0 saturated heterocycles. The molecule has 4 heteroatoms. The molecule has 2 unspecified atom stereocenters. The van der Waals surface area contributed by atoms with Crippen molar-refractivity contribution in [3.8, 4) is 6.07 Å². The van der Waals surface area contributed by atoms with Gasteiger partial charge in [0, 0.05) is 24.7 Å². The molecule has 4 nitrogen and oxygen atoms in total. The highest BCUT2D eigenvalue weighted by Crippen LogP contribution is 2.45. The van der Waals surface area contributed by atoms with Gasteiger partial charge in [-0.05, 0) is 25.2 Å². The summed E-state index contributed by atoms with van der Waals surface area (Å²) in [6, 6.07) is 2.12. The molecule has 0 aromatic carbocycles. The van der Waals surface area contributed by atoms with Crippen molar-refractivity contribution in [1.29, 1.82) is 5.26 Å². The summed E-state index contributed by atoms with van der Waals surface area (Å²) in [4.78, 5) is 22.2. The van der Waals surface area contributed by atoms with Gasteiger partial charge in [0.15, 0.2) is 0 Å². The number of carboxylic acid groups (broad SMARTS) is 1. The van der Waals surface area contributed by atoms with Crippen LogP contribution in [0.25, 0.3) is 0 Å². The summed E-state index contributed by atoms with van der Waals surface area (Å²) in [6.07, 6.45) is 2.91. The minimum absolute atomic E-state index is 0.0993. The van der Waals surface area contributed by atoms with Crippen molar-refractivity contribution in [1.82, 2.24) is 0 Å². The Morgan fingerprint density at radius 2 is 2.38 bits per heavy atom. The number of aliphatic carboxylic acids is 1. The third-order valence-corrected chi connectivity index (χ3v) is 3.68. The van der Waals surface area contributed by atoms with E-state index in [0.29, 0.717) is 25.7 Å². The molecule has 1 aliphatic carbocycles. The molecular formula is C12H17NO3. The number of ketones is 1. The van der Waals surface area contributed by atoms with Crippen molar-refractivity contribution in [2.24, 2.45) is 11.3 Å². The molecule has 1 aliphatic rings. The smallest absolute Gasteiger partial charge is 0.303 e. The zero-order valence-corrected chi connectivity index (χ0v) is 9.53. The van der Waals surface area contributed by atoms with Gasteiger partial charge in [0.1, 0.15) is 5.78 Å². The Hall–Kier alpha value is -1.37. The summed E-state index contributed by atoms with van der Waals surface area (Å²) in [5.41, 5.74) is -0.467. The normalized spacial score (nSPS) is 29.0. The van der Waals surface area contributed by atoms with Gasteiger partial charge in [0.05, 0.1) is 6.07 Å². The molecule has 1 N–H and O–H groups in total. The van der Waals surface area contributed by atoms with Gasteiger partial charge >= 0.3 is 5.97 Å². The van der Waals surface area contributed by atoms with Gasteiger partial charge in [-0.3, -0.25) is 9.59 Å². The van der Waals surface area contributed by atoms with E-state index in [1.165, 1.54) is 0 Å². The minimum Gasteiger partial charge on any atom is -0.481 e. The fourth-order valence-electron chi connectivity index (χ4n) is 2.53. The van der Waals surface area contributed by atoms with E-state index in [0.717, 1.165) is 6.42 Å². The number of rotatable bonds is 5. The van der Waals surface area contributed by atoms with Crippen LogP contribution in [0.15, 0.2) is 0 Å². The van der Waals surface area contributed by atoms with Gasteiger partial charge in [-0.25, -0.2) is 0 Å². The summed E-state index contributed by atoms with van der Waals surface area (Å²) >= 11 is 0. The molecule has 0 amide bonds. The van der Waals surface area contributed by atoms with Crippen molar-refractivity contribution >= 4 is 11.8 Å². The van der Waals surface area contributed by atoms with Gasteiger partial charge in [-0.1, -0.05) is 6.92 Å². The third kappa shape index (κ3) is 2.60. The number of nitrogens with zero attached hydrogens (tertiary/aromatic N) is 1. The van der Waals surface area contributed by atoms with E-state index in [9.17, 15) is 9.59 Å². The summed E-state index contributed by atoms with van der Waals surface area (Å²) in [7, 11) is 0. The first-order valence-electron chi connectivity index (χ1n) is 5.62. The molecule has 2 atom stereocenters. The van der Waals surface area contributed by atoms with E-state index in [2.05, 4.69) is 6.07 Å². The van der Waals surface area contributed by atoms with Crippen LogP contribution in [0.1, 0.15) is 45.4 Å². The number of carbonyl (C=O) groups is 2. The van der Waals surface area contributed by atoms with Crippen LogP contribution >= 0.6 is 0 Å². The van der Waals surface area contributed by atoms with Gasteiger partial charge in [-0.15, -0.1) is 0 Å². The molecular weight excluding hydrogens is 206 g/mol. The molecule has 0 aromatic rings. The lowest BCUT2D eigenvalue weighted by Crippen LogP contribution is -2.29. The number of carboxylic acids is 1. The standard InChI is InChI=1S/C12H17NO3/c1-12(7-2-3-11(15)16)9(6-8-13)4-5-10(12)14/h9H,2-7H2,1H3,(H,15,16). The van der Waals surface area contributed by atoms with Crippen LogP contribution in [-0.4, -0.2) is 16.9 Å². The van der Waals surface area contributed by atoms with Crippen molar-refractivity contribution < 1.29 is 14.7 Å². The van der Waals surface area contributed by atoms with E-state index in [4.69, 9.17) is 10.4 Å². The van der Waals surface area contributed by atoms with Crippen LogP contribution in [0.2, 0.25) is 0 Å². The van der Waals surface area contributed by atoms with E-state index < -0.39 is 11.4 Å². The van der Waals surface area contributed by atoms with Gasteiger partial charge < -0.3 is 5.11 Å². The fourth-order valence-corrected chi connectivity index (χ4v) is 2.53. The second-order valence-corrected chi connectivity index (χ2v) is 4.69. The Labute approximate surface area is 95.3 Å². The minimum atomic E-state index is -0.828. The lowest BCUT2D eigenvalue weighted by molar-refractivity contribution is -0.137. The Bertz CT molecular complexity index is 332. The first-order valence-corrected chi connectivity index (χ1v) is 5.62. The van der Waals surface area contributed by atoms with Crippen LogP contribution in [0, 0.1) is 22.7 Å². The van der Waals surface area contributed by atoms with Crippen LogP contribution in [0.3, 0.4) is 0 Å². The van der Waals surface area contributed by atoms with E-state index >= 15 is 0 Å². The largest absolute Gasteiger partial charge is 0.481 e. The maximum absolute atomic E-state index is 11.8. The SMILES string of the molecule is CC1(CCCC(=O)O)C(=O)CCC1CC#N. The zero-order valence-electron chi connectivity index (χ0n) is 9.53. The molecule has 1 saturated carbocycles. The molecule has 0 aromatic heterocycles. The highest BCUT2D eigenvalue weighted by molar-refractivity contribution is 5.87. The number of carbonyl (C=O) groups excluding carboxylic acids is 1. The number of hydrogen-bond acceptors (Lipinski definition) is 3. The highest BCUT2D eigenvalue weighted by Gasteiger charge is 2.44. The number of hydrogen-bond donors (Lipinski definition) is 1. The Kier molecular flexibility index (Phi) is 4.05. The van der Waals surface area contributed by atoms with E-state index in [1.54, 1.807) is 0 Å². The molecule has 0 radical (unpaired) electrons. The van der Waals surface area contributed by atoms with Gasteiger partial charge in [-0.2, -0.15) is 5.26 Å². The van der Waals surface area contributed by atoms with Crippen molar-refractivity contribution in [3.05, 3.63) is 0 Å². The Morgan fingerprint density at radius 1 is 1.69 bits per heavy atom. The second-order valence-electron chi connectivity index (χ2n) is 4.69. The quantitative estimate of drug-likeness (QED) is 0.774. The average molecular weight is 223 g/mol. The van der Waals surface area contributed by atoms with Crippen LogP contribution in [0.5, 0.6) is 0 Å². The van der Waals surface area contributed by atoms with E-state index in [1.807, 2.05) is 6.92 Å². The maximum Gasteiger partial charge on any atom is 0.303 e. The predicted molar refractivity (Wildman–Crippen MR) is 57.6 cm³/mol. The lowest BCUT2D eigenvalue weighted by Gasteiger charge is -2.28.